The Bertz CT molecular complexity index is 341. The van der Waals surface area contributed by atoms with Gasteiger partial charge in [0.15, 0.2) is 0 Å². The molecule has 0 fully saturated rings. The second kappa shape index (κ2) is 5.66. The zero-order valence-corrected chi connectivity index (χ0v) is 9.88. The van der Waals surface area contributed by atoms with Gasteiger partial charge in [0.05, 0.1) is 5.75 Å². The number of rotatable bonds is 4. The topological polar surface area (TPSA) is 46.3 Å². The fourth-order valence-corrected chi connectivity index (χ4v) is 1.95. The highest BCUT2D eigenvalue weighted by molar-refractivity contribution is 8.00. The lowest BCUT2D eigenvalue weighted by Crippen LogP contribution is -2.27. The summed E-state index contributed by atoms with van der Waals surface area (Å²) < 4.78 is 0. The lowest BCUT2D eigenvalue weighted by atomic mass is 10.3. The first-order chi connectivity index (χ1) is 7.15. The standard InChI is InChI=1S/C11H16N2OS/c1-3-13(2)11(14)8-15-10-7-5-4-6-9(10)12/h4-7H,3,8,12H2,1-2H3. The molecular formula is C11H16N2OS. The molecule has 0 radical (unpaired) electrons. The second-order valence-electron chi connectivity index (χ2n) is 3.23. The first kappa shape index (κ1) is 11.9. The van der Waals surface area contributed by atoms with Gasteiger partial charge >= 0.3 is 0 Å². The van der Waals surface area contributed by atoms with Crippen LogP contribution in [0.4, 0.5) is 5.69 Å². The molecular weight excluding hydrogens is 208 g/mol. The number of nitrogens with zero attached hydrogens (tertiary/aromatic N) is 1. The molecule has 1 amide bonds. The molecule has 0 bridgehead atoms. The van der Waals surface area contributed by atoms with E-state index in [1.807, 2.05) is 31.2 Å². The average molecular weight is 224 g/mol. The molecule has 0 atom stereocenters. The molecule has 0 aliphatic heterocycles. The first-order valence-electron chi connectivity index (χ1n) is 4.86. The Hall–Kier alpha value is -1.16. The van der Waals surface area contributed by atoms with Crippen molar-refractivity contribution in [3.8, 4) is 0 Å². The molecule has 0 aromatic heterocycles. The predicted molar refractivity (Wildman–Crippen MR) is 64.9 cm³/mol. The third-order valence-electron chi connectivity index (χ3n) is 2.17. The molecule has 2 N–H and O–H groups in total. The van der Waals surface area contributed by atoms with Gasteiger partial charge in [-0.05, 0) is 19.1 Å². The minimum absolute atomic E-state index is 0.130. The lowest BCUT2D eigenvalue weighted by Gasteiger charge is -2.14. The van der Waals surface area contributed by atoms with Crippen LogP contribution >= 0.6 is 11.8 Å². The van der Waals surface area contributed by atoms with E-state index in [0.29, 0.717) is 5.75 Å². The normalized spacial score (nSPS) is 10.0. The Morgan fingerprint density at radius 2 is 2.13 bits per heavy atom. The number of carbonyl (C=O) groups excluding carboxylic acids is 1. The molecule has 1 aromatic rings. The maximum absolute atomic E-state index is 11.5. The average Bonchev–Trinajstić information content (AvgIpc) is 2.26. The largest absolute Gasteiger partial charge is 0.398 e. The SMILES string of the molecule is CCN(C)C(=O)CSc1ccccc1N. The fraction of sp³-hybridized carbons (Fsp3) is 0.364. The minimum Gasteiger partial charge on any atom is -0.398 e. The summed E-state index contributed by atoms with van der Waals surface area (Å²) in [6.07, 6.45) is 0. The van der Waals surface area contributed by atoms with E-state index in [-0.39, 0.29) is 5.91 Å². The van der Waals surface area contributed by atoms with E-state index >= 15 is 0 Å². The van der Waals surface area contributed by atoms with Crippen LogP contribution in [0, 0.1) is 0 Å². The number of hydrogen-bond donors (Lipinski definition) is 1. The van der Waals surface area contributed by atoms with Crippen molar-refractivity contribution in [1.29, 1.82) is 0 Å². The molecule has 0 unspecified atom stereocenters. The third-order valence-corrected chi connectivity index (χ3v) is 3.24. The van der Waals surface area contributed by atoms with Crippen LogP contribution < -0.4 is 5.73 Å². The Morgan fingerprint density at radius 1 is 1.47 bits per heavy atom. The maximum Gasteiger partial charge on any atom is 0.232 e. The van der Waals surface area contributed by atoms with Crippen molar-refractivity contribution < 1.29 is 4.79 Å². The zero-order chi connectivity index (χ0) is 11.3. The van der Waals surface area contributed by atoms with Gasteiger partial charge in [-0.3, -0.25) is 4.79 Å². The Kier molecular flexibility index (Phi) is 4.49. The minimum atomic E-state index is 0.130. The summed E-state index contributed by atoms with van der Waals surface area (Å²) in [5, 5.41) is 0. The summed E-state index contributed by atoms with van der Waals surface area (Å²) in [4.78, 5) is 14.2. The highest BCUT2D eigenvalue weighted by atomic mass is 32.2. The summed E-state index contributed by atoms with van der Waals surface area (Å²) in [5.74, 6) is 0.573. The number of nitrogen functional groups attached to an aromatic ring is 1. The quantitative estimate of drug-likeness (QED) is 0.627. The zero-order valence-electron chi connectivity index (χ0n) is 9.06. The van der Waals surface area contributed by atoms with Crippen molar-refractivity contribution in [2.24, 2.45) is 0 Å². The number of para-hydroxylation sites is 1. The Balaban J connectivity index is 2.51. The summed E-state index contributed by atoms with van der Waals surface area (Å²) in [7, 11) is 1.80. The van der Waals surface area contributed by atoms with Gasteiger partial charge in [0.25, 0.3) is 0 Å². The van der Waals surface area contributed by atoms with Gasteiger partial charge < -0.3 is 10.6 Å². The van der Waals surface area contributed by atoms with Crippen LogP contribution in [0.1, 0.15) is 6.92 Å². The predicted octanol–water partition coefficient (Wildman–Crippen LogP) is 1.84. The third kappa shape index (κ3) is 3.47. The van der Waals surface area contributed by atoms with Crippen LogP contribution in [0.25, 0.3) is 0 Å². The van der Waals surface area contributed by atoms with Crippen molar-refractivity contribution in [2.45, 2.75) is 11.8 Å². The van der Waals surface area contributed by atoms with E-state index in [4.69, 9.17) is 5.73 Å². The molecule has 0 aliphatic rings. The molecule has 4 heteroatoms. The molecule has 0 aliphatic carbocycles. The van der Waals surface area contributed by atoms with Crippen molar-refractivity contribution in [3.63, 3.8) is 0 Å². The van der Waals surface area contributed by atoms with Crippen LogP contribution in [0.3, 0.4) is 0 Å². The molecule has 1 aromatic carbocycles. The van der Waals surface area contributed by atoms with Gasteiger partial charge in [-0.2, -0.15) is 0 Å². The summed E-state index contributed by atoms with van der Waals surface area (Å²) in [6.45, 7) is 2.70. The highest BCUT2D eigenvalue weighted by Crippen LogP contribution is 2.24. The van der Waals surface area contributed by atoms with Crippen molar-refractivity contribution >= 4 is 23.4 Å². The molecule has 0 heterocycles. The number of nitrogens with two attached hydrogens (primary N) is 1. The van der Waals surface area contributed by atoms with Crippen molar-refractivity contribution in [3.05, 3.63) is 24.3 Å². The van der Waals surface area contributed by atoms with Crippen LogP contribution in [-0.4, -0.2) is 30.2 Å². The number of hydrogen-bond acceptors (Lipinski definition) is 3. The smallest absolute Gasteiger partial charge is 0.232 e. The number of amides is 1. The van der Waals surface area contributed by atoms with Crippen LogP contribution in [0.15, 0.2) is 29.2 Å². The lowest BCUT2D eigenvalue weighted by molar-refractivity contribution is -0.126. The number of thioether (sulfide) groups is 1. The Labute approximate surface area is 94.6 Å². The molecule has 0 saturated heterocycles. The monoisotopic (exact) mass is 224 g/mol. The van der Waals surface area contributed by atoms with E-state index in [9.17, 15) is 4.79 Å². The summed E-state index contributed by atoms with van der Waals surface area (Å²) in [6, 6.07) is 7.58. The maximum atomic E-state index is 11.5. The van der Waals surface area contributed by atoms with E-state index < -0.39 is 0 Å². The fourth-order valence-electron chi connectivity index (χ4n) is 1.04. The van der Waals surface area contributed by atoms with Crippen molar-refractivity contribution in [1.82, 2.24) is 4.90 Å². The van der Waals surface area contributed by atoms with Gasteiger partial charge in [-0.25, -0.2) is 0 Å². The van der Waals surface area contributed by atoms with E-state index in [1.54, 1.807) is 11.9 Å². The Morgan fingerprint density at radius 3 is 2.73 bits per heavy atom. The second-order valence-corrected chi connectivity index (χ2v) is 4.25. The molecule has 15 heavy (non-hydrogen) atoms. The van der Waals surface area contributed by atoms with Gasteiger partial charge in [-0.15, -0.1) is 11.8 Å². The van der Waals surface area contributed by atoms with Crippen molar-refractivity contribution in [2.75, 3.05) is 25.1 Å². The number of benzene rings is 1. The van der Waals surface area contributed by atoms with E-state index in [0.717, 1.165) is 17.1 Å². The molecule has 1 rings (SSSR count). The van der Waals surface area contributed by atoms with Gasteiger partial charge in [0.2, 0.25) is 5.91 Å². The van der Waals surface area contributed by atoms with E-state index in [1.165, 1.54) is 11.8 Å². The molecule has 0 spiro atoms. The van der Waals surface area contributed by atoms with E-state index in [2.05, 4.69) is 0 Å². The molecule has 82 valence electrons. The summed E-state index contributed by atoms with van der Waals surface area (Å²) in [5.41, 5.74) is 6.50. The number of carbonyl (C=O) groups is 1. The van der Waals surface area contributed by atoms with Crippen LogP contribution in [-0.2, 0) is 4.79 Å². The first-order valence-corrected chi connectivity index (χ1v) is 5.85. The van der Waals surface area contributed by atoms with Gasteiger partial charge in [-0.1, -0.05) is 12.1 Å². The molecule has 0 saturated carbocycles. The van der Waals surface area contributed by atoms with Gasteiger partial charge in [0.1, 0.15) is 0 Å². The van der Waals surface area contributed by atoms with Crippen LogP contribution in [0.2, 0.25) is 0 Å². The number of anilines is 1. The van der Waals surface area contributed by atoms with Gasteiger partial charge in [0, 0.05) is 24.2 Å². The highest BCUT2D eigenvalue weighted by Gasteiger charge is 2.07. The van der Waals surface area contributed by atoms with Crippen LogP contribution in [0.5, 0.6) is 0 Å². The molecule has 3 nitrogen and oxygen atoms in total. The summed E-state index contributed by atoms with van der Waals surface area (Å²) >= 11 is 1.48.